The van der Waals surface area contributed by atoms with E-state index in [-0.39, 0.29) is 28.9 Å². The van der Waals surface area contributed by atoms with E-state index in [1.165, 1.54) is 4.57 Å². The van der Waals surface area contributed by atoms with Crippen LogP contribution in [0.2, 0.25) is 0 Å². The molecule has 4 heterocycles. The Kier molecular flexibility index (Phi) is 3.95. The molecule has 2 aliphatic heterocycles. The Bertz CT molecular complexity index is 1000. The summed E-state index contributed by atoms with van der Waals surface area (Å²) < 4.78 is 29.8. The van der Waals surface area contributed by atoms with Crippen LogP contribution in [0.4, 0.5) is 14.6 Å². The van der Waals surface area contributed by atoms with Crippen molar-refractivity contribution in [2.24, 2.45) is 0 Å². The van der Waals surface area contributed by atoms with E-state index in [1.54, 1.807) is 13.8 Å². The summed E-state index contributed by atoms with van der Waals surface area (Å²) in [6.07, 6.45) is 1.98. The minimum atomic E-state index is -1.45. The number of rotatable bonds is 4. The molecule has 144 valence electrons. The topological polar surface area (TPSA) is 87.5 Å². The zero-order valence-corrected chi connectivity index (χ0v) is 15.0. The third kappa shape index (κ3) is 2.68. The number of hydrogen-bond acceptors (Lipinski definition) is 5. The number of piperazine rings is 1. The quantitative estimate of drug-likeness (QED) is 0.838. The van der Waals surface area contributed by atoms with Gasteiger partial charge in [-0.2, -0.15) is 0 Å². The van der Waals surface area contributed by atoms with Gasteiger partial charge in [-0.25, -0.2) is 18.6 Å². The molecule has 2 aromatic heterocycles. The van der Waals surface area contributed by atoms with Crippen molar-refractivity contribution in [1.29, 1.82) is 0 Å². The number of nitrogens with zero attached hydrogens (tertiary/aromatic N) is 3. The number of fused-ring (bicyclic) bond motifs is 3. The summed E-state index contributed by atoms with van der Waals surface area (Å²) in [5.74, 6) is -2.01. The number of carbonyl (C=O) groups is 1. The number of anilines is 1. The Hall–Kier alpha value is -2.55. The van der Waals surface area contributed by atoms with Gasteiger partial charge >= 0.3 is 5.97 Å². The van der Waals surface area contributed by atoms with Crippen LogP contribution in [0, 0.1) is 5.82 Å². The third-order valence-corrected chi connectivity index (χ3v) is 5.45. The van der Waals surface area contributed by atoms with E-state index in [4.69, 9.17) is 0 Å². The van der Waals surface area contributed by atoms with Gasteiger partial charge in [-0.05, 0) is 26.3 Å². The van der Waals surface area contributed by atoms with Crippen LogP contribution in [0.25, 0.3) is 11.0 Å². The number of nitrogens with one attached hydrogen (secondary N) is 1. The highest BCUT2D eigenvalue weighted by molar-refractivity contribution is 5.92. The zero-order chi connectivity index (χ0) is 19.5. The summed E-state index contributed by atoms with van der Waals surface area (Å²) in [5, 5.41) is 12.5. The lowest BCUT2D eigenvalue weighted by Crippen LogP contribution is -2.44. The van der Waals surface area contributed by atoms with Crippen molar-refractivity contribution in [3.8, 4) is 0 Å². The Labute approximate surface area is 153 Å². The molecule has 9 heteroatoms. The van der Waals surface area contributed by atoms with Gasteiger partial charge in [0.15, 0.2) is 11.6 Å². The lowest BCUT2D eigenvalue weighted by molar-refractivity contribution is 0.0694. The molecular formula is C18H20F2N4O3. The van der Waals surface area contributed by atoms with E-state index < -0.39 is 35.0 Å². The van der Waals surface area contributed by atoms with Crippen molar-refractivity contribution in [2.75, 3.05) is 24.7 Å². The van der Waals surface area contributed by atoms with Crippen LogP contribution in [-0.4, -0.2) is 52.5 Å². The van der Waals surface area contributed by atoms with E-state index in [1.807, 2.05) is 4.90 Å². The number of aromatic nitrogens is 2. The fourth-order valence-corrected chi connectivity index (χ4v) is 3.91. The zero-order valence-electron chi connectivity index (χ0n) is 15.0. The van der Waals surface area contributed by atoms with Crippen molar-refractivity contribution in [2.45, 2.75) is 37.9 Å². The number of carboxylic acids is 1. The molecule has 0 aromatic carbocycles. The van der Waals surface area contributed by atoms with Crippen LogP contribution in [-0.2, 0) is 5.54 Å². The molecule has 2 bridgehead atoms. The summed E-state index contributed by atoms with van der Waals surface area (Å²) in [4.78, 5) is 30.2. The normalized spacial score (nSPS) is 22.0. The first-order valence-corrected chi connectivity index (χ1v) is 8.78. The number of alkyl halides is 1. The smallest absolute Gasteiger partial charge is 0.341 e. The highest BCUT2D eigenvalue weighted by Crippen LogP contribution is 2.32. The minimum absolute atomic E-state index is 0.0831. The van der Waals surface area contributed by atoms with Gasteiger partial charge in [0.05, 0.1) is 10.9 Å². The second-order valence-corrected chi connectivity index (χ2v) is 7.81. The fourth-order valence-electron chi connectivity index (χ4n) is 3.91. The molecular weight excluding hydrogens is 358 g/mol. The van der Waals surface area contributed by atoms with Gasteiger partial charge in [0.1, 0.15) is 17.9 Å². The number of pyridine rings is 2. The van der Waals surface area contributed by atoms with Crippen LogP contribution in [0.3, 0.4) is 0 Å². The molecule has 2 saturated heterocycles. The van der Waals surface area contributed by atoms with Crippen molar-refractivity contribution >= 4 is 22.8 Å². The van der Waals surface area contributed by atoms with Crippen LogP contribution in [0.1, 0.15) is 30.6 Å². The van der Waals surface area contributed by atoms with Crippen LogP contribution < -0.4 is 15.6 Å². The summed E-state index contributed by atoms with van der Waals surface area (Å²) in [7, 11) is 0. The average molecular weight is 378 g/mol. The van der Waals surface area contributed by atoms with E-state index >= 15 is 0 Å². The van der Waals surface area contributed by atoms with Crippen molar-refractivity contribution in [3.63, 3.8) is 0 Å². The Morgan fingerprint density at radius 3 is 2.78 bits per heavy atom. The van der Waals surface area contributed by atoms with E-state index in [2.05, 4.69) is 10.3 Å². The van der Waals surface area contributed by atoms with Gasteiger partial charge in [0.25, 0.3) is 0 Å². The predicted molar refractivity (Wildman–Crippen MR) is 95.8 cm³/mol. The highest BCUT2D eigenvalue weighted by Gasteiger charge is 2.39. The summed E-state index contributed by atoms with van der Waals surface area (Å²) in [6.45, 7) is 3.65. The molecule has 27 heavy (non-hydrogen) atoms. The van der Waals surface area contributed by atoms with Crippen LogP contribution >= 0.6 is 0 Å². The first kappa shape index (κ1) is 17.8. The molecule has 0 aliphatic carbocycles. The SMILES string of the molecule is CC(C)(CF)n1cc(C(=O)O)c(=O)c2cc(F)c(N3C[C@H]4C[C@@H]3CN4)nc21. The van der Waals surface area contributed by atoms with Crippen LogP contribution in [0.15, 0.2) is 17.1 Å². The molecule has 4 rings (SSSR count). The van der Waals surface area contributed by atoms with Crippen molar-refractivity contribution < 1.29 is 18.7 Å². The second kappa shape index (κ2) is 5.98. The average Bonchev–Trinajstić information content (AvgIpc) is 3.24. The lowest BCUT2D eigenvalue weighted by atomic mass is 10.1. The molecule has 2 fully saturated rings. The number of halogens is 2. The molecule has 0 unspecified atom stereocenters. The largest absolute Gasteiger partial charge is 0.477 e. The van der Waals surface area contributed by atoms with E-state index in [0.717, 1.165) is 25.2 Å². The maximum atomic E-state index is 14.8. The lowest BCUT2D eigenvalue weighted by Gasteiger charge is -2.30. The Morgan fingerprint density at radius 2 is 2.22 bits per heavy atom. The molecule has 0 amide bonds. The minimum Gasteiger partial charge on any atom is -0.477 e. The molecule has 0 saturated carbocycles. The number of aromatic carboxylic acids is 1. The molecule has 2 aromatic rings. The van der Waals surface area contributed by atoms with Gasteiger partial charge in [-0.15, -0.1) is 0 Å². The molecule has 2 atom stereocenters. The summed E-state index contributed by atoms with van der Waals surface area (Å²) in [5.41, 5.74) is -2.43. The van der Waals surface area contributed by atoms with Gasteiger partial charge in [0, 0.05) is 31.4 Å². The highest BCUT2D eigenvalue weighted by atomic mass is 19.1. The summed E-state index contributed by atoms with van der Waals surface area (Å²) in [6, 6.07) is 1.41. The molecule has 7 nitrogen and oxygen atoms in total. The first-order chi connectivity index (χ1) is 12.7. The molecule has 2 aliphatic rings. The van der Waals surface area contributed by atoms with Crippen molar-refractivity contribution in [1.82, 2.24) is 14.9 Å². The second-order valence-electron chi connectivity index (χ2n) is 7.81. The van der Waals surface area contributed by atoms with E-state index in [0.29, 0.717) is 6.54 Å². The van der Waals surface area contributed by atoms with Gasteiger partial charge < -0.3 is 19.9 Å². The number of carboxylic acid groups (broad SMARTS) is 1. The van der Waals surface area contributed by atoms with E-state index in [9.17, 15) is 23.5 Å². The third-order valence-electron chi connectivity index (χ3n) is 5.45. The first-order valence-electron chi connectivity index (χ1n) is 8.78. The molecule has 0 spiro atoms. The van der Waals surface area contributed by atoms with Gasteiger partial charge in [0.2, 0.25) is 5.43 Å². The molecule has 2 N–H and O–H groups in total. The predicted octanol–water partition coefficient (Wildman–Crippen LogP) is 1.49. The van der Waals surface area contributed by atoms with Gasteiger partial charge in [-0.1, -0.05) is 0 Å². The Morgan fingerprint density at radius 1 is 1.48 bits per heavy atom. The van der Waals surface area contributed by atoms with Gasteiger partial charge in [-0.3, -0.25) is 4.79 Å². The van der Waals surface area contributed by atoms with Crippen LogP contribution in [0.5, 0.6) is 0 Å². The monoisotopic (exact) mass is 378 g/mol. The Balaban J connectivity index is 1.99. The maximum Gasteiger partial charge on any atom is 0.341 e. The fraction of sp³-hybridized carbons (Fsp3) is 0.500. The van der Waals surface area contributed by atoms with Crippen molar-refractivity contribution in [3.05, 3.63) is 33.9 Å². The number of hydrogen-bond donors (Lipinski definition) is 2. The summed E-state index contributed by atoms with van der Waals surface area (Å²) >= 11 is 0. The molecule has 0 radical (unpaired) electrons. The standard InChI is InChI=1S/C18H20F2N4O3/c1-18(2,8-19)24-7-12(17(26)27)14(25)11-4-13(20)16(22-15(11)24)23-6-9-3-10(23)5-21-9/h4,7,9-10,21H,3,5-6,8H2,1-2H3,(H,26,27)/t9-,10-/m1/s1. The maximum absolute atomic E-state index is 14.8.